The summed E-state index contributed by atoms with van der Waals surface area (Å²) < 4.78 is 28.9. The smallest absolute Gasteiger partial charge is 0.265 e. The largest absolute Gasteiger partial charge is 0.296 e. The summed E-state index contributed by atoms with van der Waals surface area (Å²) in [6.45, 7) is 2.07. The van der Waals surface area contributed by atoms with Crippen LogP contribution in [0.5, 0.6) is 0 Å². The minimum atomic E-state index is -3.64. The van der Waals surface area contributed by atoms with Crippen LogP contribution >= 0.6 is 11.8 Å². The Hall–Kier alpha value is -1.30. The Kier molecular flexibility index (Phi) is 5.23. The molecule has 0 saturated carbocycles. The van der Waals surface area contributed by atoms with E-state index in [0.717, 1.165) is 10.5 Å². The second-order valence-electron chi connectivity index (χ2n) is 4.25. The van der Waals surface area contributed by atoms with E-state index in [9.17, 15) is 8.42 Å². The molecule has 0 aromatic heterocycles. The van der Waals surface area contributed by atoms with Crippen molar-refractivity contribution in [2.75, 3.05) is 12.4 Å². The first kappa shape index (κ1) is 15.1. The lowest BCUT2D eigenvalue weighted by Gasteiger charge is -2.06. The highest BCUT2D eigenvalue weighted by Gasteiger charge is 2.14. The third-order valence-electron chi connectivity index (χ3n) is 2.64. The van der Waals surface area contributed by atoms with Crippen LogP contribution in [0.4, 0.5) is 0 Å². The van der Waals surface area contributed by atoms with Gasteiger partial charge >= 0.3 is 0 Å². The molecule has 0 spiro atoms. The van der Waals surface area contributed by atoms with Crippen LogP contribution in [0.25, 0.3) is 0 Å². The van der Waals surface area contributed by atoms with E-state index in [4.69, 9.17) is 4.18 Å². The fourth-order valence-corrected chi connectivity index (χ4v) is 3.36. The Morgan fingerprint density at radius 2 is 1.65 bits per heavy atom. The van der Waals surface area contributed by atoms with Crippen LogP contribution in [-0.4, -0.2) is 20.8 Å². The fraction of sp³-hybridized carbons (Fsp3) is 0.200. The van der Waals surface area contributed by atoms with Crippen molar-refractivity contribution in [3.63, 3.8) is 0 Å². The summed E-state index contributed by atoms with van der Waals surface area (Å²) in [5.41, 5.74) is 1.02. The van der Waals surface area contributed by atoms with Crippen LogP contribution in [0.3, 0.4) is 0 Å². The van der Waals surface area contributed by atoms with Crippen molar-refractivity contribution < 1.29 is 12.6 Å². The van der Waals surface area contributed by atoms with Gasteiger partial charge in [0.1, 0.15) is 0 Å². The van der Waals surface area contributed by atoms with Gasteiger partial charge in [0.2, 0.25) is 0 Å². The molecule has 0 fully saturated rings. The standard InChI is InChI=1S/C15H16O3S2/c1-13-7-9-15(10-8-13)20(16,17)18-11-12-19-14-5-3-2-4-6-14/h2-10H,11-12H2,1H3. The van der Waals surface area contributed by atoms with E-state index >= 15 is 0 Å². The van der Waals surface area contributed by atoms with Crippen LogP contribution in [-0.2, 0) is 14.3 Å². The van der Waals surface area contributed by atoms with Gasteiger partial charge in [0.25, 0.3) is 10.1 Å². The molecule has 2 aromatic carbocycles. The zero-order chi connectivity index (χ0) is 14.4. The van der Waals surface area contributed by atoms with Gasteiger partial charge in [0.15, 0.2) is 0 Å². The molecule has 0 N–H and O–H groups in total. The lowest BCUT2D eigenvalue weighted by Crippen LogP contribution is -2.08. The highest BCUT2D eigenvalue weighted by Crippen LogP contribution is 2.18. The number of aryl methyl sites for hydroxylation is 1. The van der Waals surface area contributed by atoms with Gasteiger partial charge in [0.05, 0.1) is 11.5 Å². The average Bonchev–Trinajstić information content (AvgIpc) is 2.45. The normalized spacial score (nSPS) is 11.4. The average molecular weight is 308 g/mol. The Balaban J connectivity index is 1.85. The summed E-state index contributed by atoms with van der Waals surface area (Å²) in [4.78, 5) is 1.30. The van der Waals surface area contributed by atoms with Crippen molar-refractivity contribution >= 4 is 21.9 Å². The van der Waals surface area contributed by atoms with Gasteiger partial charge < -0.3 is 0 Å². The number of benzene rings is 2. The molecule has 2 rings (SSSR count). The van der Waals surface area contributed by atoms with Gasteiger partial charge in [-0.05, 0) is 31.2 Å². The zero-order valence-electron chi connectivity index (χ0n) is 11.2. The van der Waals surface area contributed by atoms with Crippen molar-refractivity contribution in [2.24, 2.45) is 0 Å². The van der Waals surface area contributed by atoms with Crippen LogP contribution in [0, 0.1) is 6.92 Å². The van der Waals surface area contributed by atoms with Gasteiger partial charge in [-0.1, -0.05) is 35.9 Å². The molecule has 106 valence electrons. The van der Waals surface area contributed by atoms with Crippen molar-refractivity contribution in [3.8, 4) is 0 Å². The fourth-order valence-electron chi connectivity index (χ4n) is 1.59. The molecule has 0 bridgehead atoms. The van der Waals surface area contributed by atoms with E-state index in [1.165, 1.54) is 0 Å². The summed E-state index contributed by atoms with van der Waals surface area (Å²) in [6.07, 6.45) is 0. The maximum Gasteiger partial charge on any atom is 0.296 e. The van der Waals surface area contributed by atoms with Crippen molar-refractivity contribution in [1.29, 1.82) is 0 Å². The number of rotatable bonds is 6. The van der Waals surface area contributed by atoms with E-state index < -0.39 is 10.1 Å². The summed E-state index contributed by atoms with van der Waals surface area (Å²) in [6, 6.07) is 16.5. The monoisotopic (exact) mass is 308 g/mol. The van der Waals surface area contributed by atoms with Crippen LogP contribution in [0.1, 0.15) is 5.56 Å². The maximum atomic E-state index is 11.9. The minimum Gasteiger partial charge on any atom is -0.265 e. The molecule has 2 aromatic rings. The highest BCUT2D eigenvalue weighted by molar-refractivity contribution is 7.99. The predicted molar refractivity (Wildman–Crippen MR) is 81.5 cm³/mol. The molecule has 0 atom stereocenters. The maximum absolute atomic E-state index is 11.9. The molecule has 20 heavy (non-hydrogen) atoms. The second kappa shape index (κ2) is 6.92. The molecule has 0 aliphatic rings. The zero-order valence-corrected chi connectivity index (χ0v) is 12.8. The molecule has 0 unspecified atom stereocenters. The third-order valence-corrected chi connectivity index (χ3v) is 4.95. The van der Waals surface area contributed by atoms with Gasteiger partial charge in [0, 0.05) is 10.6 Å². The molecule has 0 aliphatic heterocycles. The highest BCUT2D eigenvalue weighted by atomic mass is 32.2. The first-order chi connectivity index (χ1) is 9.58. The predicted octanol–water partition coefficient (Wildman–Crippen LogP) is 3.49. The Morgan fingerprint density at radius 3 is 2.30 bits per heavy atom. The summed E-state index contributed by atoms with van der Waals surface area (Å²) >= 11 is 1.57. The Bertz CT molecular complexity index is 635. The quantitative estimate of drug-likeness (QED) is 0.465. The molecule has 3 nitrogen and oxygen atoms in total. The topological polar surface area (TPSA) is 43.4 Å². The van der Waals surface area contributed by atoms with Crippen molar-refractivity contribution in [2.45, 2.75) is 16.7 Å². The second-order valence-corrected chi connectivity index (χ2v) is 7.03. The summed E-state index contributed by atoms with van der Waals surface area (Å²) in [5.74, 6) is 0.592. The summed E-state index contributed by atoms with van der Waals surface area (Å²) in [5, 5.41) is 0. The first-order valence-corrected chi connectivity index (χ1v) is 8.61. The van der Waals surface area contributed by atoms with Gasteiger partial charge in [-0.2, -0.15) is 8.42 Å². The van der Waals surface area contributed by atoms with E-state index in [-0.39, 0.29) is 11.5 Å². The third kappa shape index (κ3) is 4.37. The van der Waals surface area contributed by atoms with Gasteiger partial charge in [-0.15, -0.1) is 11.8 Å². The van der Waals surface area contributed by atoms with Gasteiger partial charge in [-0.25, -0.2) is 0 Å². The molecule has 0 heterocycles. The molecule has 0 aliphatic carbocycles. The molecule has 5 heteroatoms. The molecular weight excluding hydrogens is 292 g/mol. The van der Waals surface area contributed by atoms with E-state index in [0.29, 0.717) is 5.75 Å². The molecule has 0 saturated heterocycles. The lowest BCUT2D eigenvalue weighted by atomic mass is 10.2. The SMILES string of the molecule is Cc1ccc(S(=O)(=O)OCCSc2ccccc2)cc1. The van der Waals surface area contributed by atoms with E-state index in [1.807, 2.05) is 37.3 Å². The van der Waals surface area contributed by atoms with Crippen LogP contribution < -0.4 is 0 Å². The molecule has 0 radical (unpaired) electrons. The first-order valence-electron chi connectivity index (χ1n) is 6.22. The molecule has 0 amide bonds. The van der Waals surface area contributed by atoms with Crippen molar-refractivity contribution in [1.82, 2.24) is 0 Å². The number of hydrogen-bond acceptors (Lipinski definition) is 4. The Morgan fingerprint density at radius 1 is 1.00 bits per heavy atom. The van der Waals surface area contributed by atoms with Crippen molar-refractivity contribution in [3.05, 3.63) is 60.2 Å². The number of hydrogen-bond donors (Lipinski definition) is 0. The lowest BCUT2D eigenvalue weighted by molar-refractivity contribution is 0.341. The van der Waals surface area contributed by atoms with Gasteiger partial charge in [-0.3, -0.25) is 4.18 Å². The van der Waals surface area contributed by atoms with Crippen LogP contribution in [0.2, 0.25) is 0 Å². The van der Waals surface area contributed by atoms with E-state index in [1.54, 1.807) is 36.0 Å². The number of thioether (sulfide) groups is 1. The summed E-state index contributed by atoms with van der Waals surface area (Å²) in [7, 11) is -3.64. The minimum absolute atomic E-state index is 0.162. The Labute approximate surface area is 124 Å². The molecular formula is C15H16O3S2. The van der Waals surface area contributed by atoms with E-state index in [2.05, 4.69) is 0 Å². The van der Waals surface area contributed by atoms with Crippen LogP contribution in [0.15, 0.2) is 64.4 Å².